The maximum absolute atomic E-state index is 12.6. The van der Waals surface area contributed by atoms with Crippen molar-refractivity contribution in [3.8, 4) is 0 Å². The molecule has 0 fully saturated rings. The van der Waals surface area contributed by atoms with Crippen LogP contribution >= 0.6 is 0 Å². The van der Waals surface area contributed by atoms with Crippen LogP contribution in [0.5, 0.6) is 0 Å². The van der Waals surface area contributed by atoms with Crippen molar-refractivity contribution in [3.05, 3.63) is 24.3 Å². The van der Waals surface area contributed by atoms with E-state index in [-0.39, 0.29) is 17.9 Å². The van der Waals surface area contributed by atoms with Gasteiger partial charge in [0.15, 0.2) is 0 Å². The summed E-state index contributed by atoms with van der Waals surface area (Å²) in [7, 11) is 0. The molecule has 19 heavy (non-hydrogen) atoms. The van der Waals surface area contributed by atoms with E-state index in [1.807, 2.05) is 0 Å². The van der Waals surface area contributed by atoms with E-state index in [1.54, 1.807) is 6.07 Å². The fourth-order valence-electron chi connectivity index (χ4n) is 1.87. The van der Waals surface area contributed by atoms with Gasteiger partial charge in [-0.25, -0.2) is 0 Å². The molecule has 7 heteroatoms. The Morgan fingerprint density at radius 2 is 2.00 bits per heavy atom. The third kappa shape index (κ3) is 2.54. The summed E-state index contributed by atoms with van der Waals surface area (Å²) in [5.74, 6) is -3.10. The van der Waals surface area contributed by atoms with Crippen molar-refractivity contribution >= 4 is 23.2 Å². The highest BCUT2D eigenvalue weighted by atomic mass is 19.4. The minimum atomic E-state index is -4.97. The average molecular weight is 272 g/mol. The number of hydrogen-bond acceptors (Lipinski definition) is 2. The highest BCUT2D eigenvalue weighted by Crippen LogP contribution is 2.32. The molecule has 1 heterocycles. The van der Waals surface area contributed by atoms with Gasteiger partial charge in [-0.2, -0.15) is 13.2 Å². The fourth-order valence-corrected chi connectivity index (χ4v) is 1.87. The summed E-state index contributed by atoms with van der Waals surface area (Å²) in [6.45, 7) is 1.17. The highest BCUT2D eigenvalue weighted by Gasteiger charge is 2.45. The van der Waals surface area contributed by atoms with Crippen molar-refractivity contribution < 1.29 is 22.8 Å². The normalized spacial score (nSPS) is 19.5. The van der Waals surface area contributed by atoms with Gasteiger partial charge >= 0.3 is 12.1 Å². The predicted octanol–water partition coefficient (Wildman–Crippen LogP) is 2.17. The second kappa shape index (κ2) is 4.56. The maximum Gasteiger partial charge on any atom is 0.471 e. The smallest absolute Gasteiger partial charge is 0.324 e. The SMILES string of the molecule is C[C@@H]1CN(C(=O)C(F)(F)F)c2ccccc2NC1=O. The van der Waals surface area contributed by atoms with E-state index >= 15 is 0 Å². The van der Waals surface area contributed by atoms with Gasteiger partial charge in [0, 0.05) is 6.54 Å². The Kier molecular flexibility index (Phi) is 3.21. The molecule has 102 valence electrons. The van der Waals surface area contributed by atoms with Crippen molar-refractivity contribution in [2.45, 2.75) is 13.1 Å². The summed E-state index contributed by atoms with van der Waals surface area (Å²) in [5.41, 5.74) is 0.261. The Bertz CT molecular complexity index is 528. The van der Waals surface area contributed by atoms with Gasteiger partial charge in [-0.15, -0.1) is 0 Å². The van der Waals surface area contributed by atoms with Gasteiger partial charge in [-0.1, -0.05) is 19.1 Å². The maximum atomic E-state index is 12.6. The Morgan fingerprint density at radius 1 is 1.37 bits per heavy atom. The van der Waals surface area contributed by atoms with E-state index in [1.165, 1.54) is 25.1 Å². The molecule has 0 radical (unpaired) electrons. The number of carbonyl (C=O) groups is 2. The molecule has 2 amide bonds. The molecule has 0 bridgehead atoms. The van der Waals surface area contributed by atoms with Gasteiger partial charge in [0.2, 0.25) is 5.91 Å². The van der Waals surface area contributed by atoms with Gasteiger partial charge in [0.05, 0.1) is 17.3 Å². The topological polar surface area (TPSA) is 49.4 Å². The van der Waals surface area contributed by atoms with Crippen LogP contribution in [0.3, 0.4) is 0 Å². The summed E-state index contributed by atoms with van der Waals surface area (Å²) in [5, 5.41) is 2.51. The third-order valence-corrected chi connectivity index (χ3v) is 2.84. The summed E-state index contributed by atoms with van der Waals surface area (Å²) < 4.78 is 37.8. The fraction of sp³-hybridized carbons (Fsp3) is 0.333. The molecule has 1 aromatic rings. The Hall–Kier alpha value is -2.05. The van der Waals surface area contributed by atoms with Gasteiger partial charge in [0.25, 0.3) is 0 Å². The monoisotopic (exact) mass is 272 g/mol. The number of hydrogen-bond donors (Lipinski definition) is 1. The predicted molar refractivity (Wildman–Crippen MR) is 62.6 cm³/mol. The first-order chi connectivity index (χ1) is 8.80. The second-order valence-corrected chi connectivity index (χ2v) is 4.32. The molecule has 0 unspecified atom stereocenters. The zero-order chi connectivity index (χ0) is 14.2. The number of rotatable bonds is 0. The van der Waals surface area contributed by atoms with Crippen molar-refractivity contribution in [1.29, 1.82) is 0 Å². The van der Waals surface area contributed by atoms with Crippen molar-refractivity contribution in [1.82, 2.24) is 0 Å². The number of carbonyl (C=O) groups excluding carboxylic acids is 2. The molecule has 4 nitrogen and oxygen atoms in total. The van der Waals surface area contributed by atoms with Crippen LogP contribution in [0.1, 0.15) is 6.92 Å². The number of alkyl halides is 3. The van der Waals surface area contributed by atoms with Crippen molar-refractivity contribution in [3.63, 3.8) is 0 Å². The zero-order valence-corrected chi connectivity index (χ0v) is 9.99. The van der Waals surface area contributed by atoms with Gasteiger partial charge in [0.1, 0.15) is 0 Å². The largest absolute Gasteiger partial charge is 0.471 e. The van der Waals surface area contributed by atoms with Crippen LogP contribution in [0.2, 0.25) is 0 Å². The van der Waals surface area contributed by atoms with E-state index < -0.39 is 23.9 Å². The lowest BCUT2D eigenvalue weighted by Crippen LogP contribution is -2.43. The van der Waals surface area contributed by atoms with Crippen LogP contribution in [-0.4, -0.2) is 24.5 Å². The number of halogens is 3. The van der Waals surface area contributed by atoms with Gasteiger partial charge in [-0.05, 0) is 12.1 Å². The average Bonchev–Trinajstić information content (AvgIpc) is 2.45. The number of anilines is 2. The molecular formula is C12H11F3N2O2. The molecule has 1 aliphatic rings. The Morgan fingerprint density at radius 3 is 2.63 bits per heavy atom. The first kappa shape index (κ1) is 13.4. The van der Waals surface area contributed by atoms with E-state index in [2.05, 4.69) is 5.32 Å². The molecule has 1 aromatic carbocycles. The number of fused-ring (bicyclic) bond motifs is 1. The second-order valence-electron chi connectivity index (χ2n) is 4.32. The van der Waals surface area contributed by atoms with Crippen LogP contribution in [-0.2, 0) is 9.59 Å². The van der Waals surface area contributed by atoms with E-state index in [4.69, 9.17) is 0 Å². The van der Waals surface area contributed by atoms with Crippen molar-refractivity contribution in [2.75, 3.05) is 16.8 Å². The molecule has 1 atom stereocenters. The number of nitrogens with zero attached hydrogens (tertiary/aromatic N) is 1. The van der Waals surface area contributed by atoms with Crippen LogP contribution in [0, 0.1) is 5.92 Å². The molecule has 0 saturated carbocycles. The van der Waals surface area contributed by atoms with Crippen LogP contribution < -0.4 is 10.2 Å². The third-order valence-electron chi connectivity index (χ3n) is 2.84. The minimum Gasteiger partial charge on any atom is -0.324 e. The lowest BCUT2D eigenvalue weighted by Gasteiger charge is -2.24. The van der Waals surface area contributed by atoms with Gasteiger partial charge in [-0.3, -0.25) is 9.59 Å². The zero-order valence-electron chi connectivity index (χ0n) is 9.99. The first-order valence-corrected chi connectivity index (χ1v) is 5.59. The Labute approximate surface area is 107 Å². The highest BCUT2D eigenvalue weighted by molar-refractivity contribution is 6.06. The summed E-state index contributed by atoms with van der Waals surface area (Å²) >= 11 is 0. The summed E-state index contributed by atoms with van der Waals surface area (Å²) in [6, 6.07) is 5.92. The van der Waals surface area contributed by atoms with Gasteiger partial charge < -0.3 is 10.2 Å². The summed E-state index contributed by atoms with van der Waals surface area (Å²) in [4.78, 5) is 23.7. The quantitative estimate of drug-likeness (QED) is 0.787. The molecule has 0 aliphatic carbocycles. The minimum absolute atomic E-state index is 0.0579. The molecule has 0 spiro atoms. The standard InChI is InChI=1S/C12H11F3N2O2/c1-7-6-17(11(19)12(13,14)15)9-5-3-2-4-8(9)16-10(7)18/h2-5,7H,6H2,1H3,(H,16,18)/t7-/m1/s1. The number of para-hydroxylation sites is 2. The molecular weight excluding hydrogens is 261 g/mol. The van der Waals surface area contributed by atoms with Crippen molar-refractivity contribution in [2.24, 2.45) is 5.92 Å². The van der Waals surface area contributed by atoms with E-state index in [0.29, 0.717) is 4.90 Å². The number of benzene rings is 1. The first-order valence-electron chi connectivity index (χ1n) is 5.59. The van der Waals surface area contributed by atoms with E-state index in [9.17, 15) is 22.8 Å². The lowest BCUT2D eigenvalue weighted by molar-refractivity contribution is -0.170. The molecule has 0 aromatic heterocycles. The van der Waals surface area contributed by atoms with Crippen LogP contribution in [0.15, 0.2) is 24.3 Å². The molecule has 2 rings (SSSR count). The van der Waals surface area contributed by atoms with Crippen LogP contribution in [0.4, 0.5) is 24.5 Å². The lowest BCUT2D eigenvalue weighted by atomic mass is 10.1. The Balaban J connectivity index is 2.48. The molecule has 1 N–H and O–H groups in total. The molecule has 1 aliphatic heterocycles. The number of nitrogens with one attached hydrogen (secondary N) is 1. The van der Waals surface area contributed by atoms with Crippen LogP contribution in [0.25, 0.3) is 0 Å². The number of amides is 2. The van der Waals surface area contributed by atoms with E-state index in [0.717, 1.165) is 0 Å². The summed E-state index contributed by atoms with van der Waals surface area (Å²) in [6.07, 6.45) is -4.97. The molecule has 0 saturated heterocycles.